The second kappa shape index (κ2) is 5.35. The molecule has 4 nitrogen and oxygen atoms in total. The minimum atomic E-state index is -0.420. The van der Waals surface area contributed by atoms with Crippen molar-refractivity contribution in [1.82, 2.24) is 5.32 Å². The zero-order chi connectivity index (χ0) is 8.27. The first kappa shape index (κ1) is 11.7. The van der Waals surface area contributed by atoms with Gasteiger partial charge in [-0.2, -0.15) is 0 Å². The number of carbonyl (C=O) groups is 1. The third-order valence-electron chi connectivity index (χ3n) is 1.66. The van der Waals surface area contributed by atoms with Crippen molar-refractivity contribution in [2.24, 2.45) is 0 Å². The lowest BCUT2D eigenvalue weighted by Gasteiger charge is -2.26. The number of methoxy groups -OCH3 is 1. The van der Waals surface area contributed by atoms with Gasteiger partial charge in [0.1, 0.15) is 0 Å². The van der Waals surface area contributed by atoms with Crippen LogP contribution in [0.25, 0.3) is 0 Å². The largest absolute Gasteiger partial charge is 0.467 e. The molecule has 1 unspecified atom stereocenters. The standard InChI is InChI=1S/C7H13NO3.ClH/c1-5-4-11-6(3-8-5)7(9)10-2;/h5-6,8H,3-4H2,1-2H3;1H/t5?,6-;/m0./s1. The quantitative estimate of drug-likeness (QED) is 0.597. The SMILES string of the molecule is COC(=O)[C@@H]1CNC(C)CO1.Cl. The molecule has 0 aliphatic carbocycles. The molecule has 0 bridgehead atoms. The fraction of sp³-hybridized carbons (Fsp3) is 0.857. The predicted molar refractivity (Wildman–Crippen MR) is 46.5 cm³/mol. The Balaban J connectivity index is 0.00000121. The van der Waals surface area contributed by atoms with E-state index >= 15 is 0 Å². The van der Waals surface area contributed by atoms with E-state index in [2.05, 4.69) is 10.1 Å². The average molecular weight is 196 g/mol. The summed E-state index contributed by atoms with van der Waals surface area (Å²) >= 11 is 0. The molecule has 1 heterocycles. The summed E-state index contributed by atoms with van der Waals surface area (Å²) < 4.78 is 9.73. The molecule has 2 atom stereocenters. The molecule has 0 aromatic carbocycles. The number of morpholine rings is 1. The van der Waals surface area contributed by atoms with E-state index < -0.39 is 6.10 Å². The molecule has 1 aliphatic heterocycles. The lowest BCUT2D eigenvalue weighted by Crippen LogP contribution is -2.48. The molecular formula is C7H14ClNO3. The van der Waals surface area contributed by atoms with Crippen LogP contribution >= 0.6 is 12.4 Å². The van der Waals surface area contributed by atoms with E-state index in [0.29, 0.717) is 19.2 Å². The van der Waals surface area contributed by atoms with Gasteiger partial charge in [-0.1, -0.05) is 0 Å². The maximum absolute atomic E-state index is 10.9. The van der Waals surface area contributed by atoms with Crippen molar-refractivity contribution in [3.05, 3.63) is 0 Å². The van der Waals surface area contributed by atoms with Crippen LogP contribution in [-0.2, 0) is 14.3 Å². The molecule has 0 amide bonds. The van der Waals surface area contributed by atoms with Gasteiger partial charge in [-0.15, -0.1) is 12.4 Å². The van der Waals surface area contributed by atoms with Crippen molar-refractivity contribution < 1.29 is 14.3 Å². The van der Waals surface area contributed by atoms with Gasteiger partial charge in [0.05, 0.1) is 13.7 Å². The summed E-state index contributed by atoms with van der Waals surface area (Å²) in [6, 6.07) is 0.330. The van der Waals surface area contributed by atoms with Crippen LogP contribution in [0.15, 0.2) is 0 Å². The molecule has 0 saturated carbocycles. The zero-order valence-electron chi connectivity index (χ0n) is 7.20. The van der Waals surface area contributed by atoms with E-state index in [9.17, 15) is 4.79 Å². The van der Waals surface area contributed by atoms with Crippen LogP contribution in [0.4, 0.5) is 0 Å². The fourth-order valence-electron chi connectivity index (χ4n) is 0.969. The molecule has 72 valence electrons. The highest BCUT2D eigenvalue weighted by Crippen LogP contribution is 2.01. The number of hydrogen-bond donors (Lipinski definition) is 1. The van der Waals surface area contributed by atoms with Crippen LogP contribution in [0.3, 0.4) is 0 Å². The Labute approximate surface area is 78.0 Å². The Hall–Kier alpha value is -0.320. The summed E-state index contributed by atoms with van der Waals surface area (Å²) in [6.45, 7) is 3.13. The average Bonchev–Trinajstić information content (AvgIpc) is 2.05. The van der Waals surface area contributed by atoms with Crippen LogP contribution in [0.1, 0.15) is 6.92 Å². The van der Waals surface area contributed by atoms with Gasteiger partial charge in [0.25, 0.3) is 0 Å². The van der Waals surface area contributed by atoms with E-state index in [0.717, 1.165) is 0 Å². The molecule has 0 spiro atoms. The molecule has 1 fully saturated rings. The van der Waals surface area contributed by atoms with Crippen molar-refractivity contribution in [3.8, 4) is 0 Å². The molecule has 1 aliphatic rings. The second-order valence-corrected chi connectivity index (χ2v) is 2.65. The lowest BCUT2D eigenvalue weighted by molar-refractivity contribution is -0.156. The van der Waals surface area contributed by atoms with Gasteiger partial charge in [0.15, 0.2) is 6.10 Å². The third-order valence-corrected chi connectivity index (χ3v) is 1.66. The lowest BCUT2D eigenvalue weighted by atomic mass is 10.2. The number of carbonyl (C=O) groups excluding carboxylic acids is 1. The van der Waals surface area contributed by atoms with E-state index in [1.54, 1.807) is 0 Å². The van der Waals surface area contributed by atoms with Gasteiger partial charge in [-0.3, -0.25) is 0 Å². The van der Waals surface area contributed by atoms with E-state index in [-0.39, 0.29) is 18.4 Å². The maximum atomic E-state index is 10.9. The van der Waals surface area contributed by atoms with Crippen molar-refractivity contribution in [3.63, 3.8) is 0 Å². The van der Waals surface area contributed by atoms with Gasteiger partial charge in [0, 0.05) is 12.6 Å². The van der Waals surface area contributed by atoms with Crippen LogP contribution in [-0.4, -0.2) is 38.4 Å². The van der Waals surface area contributed by atoms with Gasteiger partial charge in [-0.05, 0) is 6.92 Å². The maximum Gasteiger partial charge on any atom is 0.336 e. The number of halogens is 1. The summed E-state index contributed by atoms with van der Waals surface area (Å²) in [4.78, 5) is 10.9. The van der Waals surface area contributed by atoms with Crippen molar-refractivity contribution >= 4 is 18.4 Å². The fourth-order valence-corrected chi connectivity index (χ4v) is 0.969. The van der Waals surface area contributed by atoms with Crippen LogP contribution < -0.4 is 5.32 Å². The highest BCUT2D eigenvalue weighted by Gasteiger charge is 2.24. The Kier molecular flexibility index (Phi) is 5.20. The summed E-state index contributed by atoms with van der Waals surface area (Å²) in [7, 11) is 1.36. The topological polar surface area (TPSA) is 47.6 Å². The highest BCUT2D eigenvalue weighted by molar-refractivity contribution is 5.85. The molecule has 0 radical (unpaired) electrons. The van der Waals surface area contributed by atoms with Gasteiger partial charge < -0.3 is 14.8 Å². The smallest absolute Gasteiger partial charge is 0.336 e. The van der Waals surface area contributed by atoms with Crippen molar-refractivity contribution in [2.75, 3.05) is 20.3 Å². The number of esters is 1. The summed E-state index contributed by atoms with van der Waals surface area (Å²) in [5.41, 5.74) is 0. The van der Waals surface area contributed by atoms with Crippen molar-refractivity contribution in [1.29, 1.82) is 0 Å². The molecule has 1 saturated heterocycles. The highest BCUT2D eigenvalue weighted by atomic mass is 35.5. The monoisotopic (exact) mass is 195 g/mol. The minimum Gasteiger partial charge on any atom is -0.467 e. The number of nitrogens with one attached hydrogen (secondary N) is 1. The van der Waals surface area contributed by atoms with Gasteiger partial charge >= 0.3 is 5.97 Å². The third kappa shape index (κ3) is 2.97. The molecule has 12 heavy (non-hydrogen) atoms. The summed E-state index contributed by atoms with van der Waals surface area (Å²) in [5.74, 6) is -0.301. The predicted octanol–water partition coefficient (Wildman–Crippen LogP) is -0.0419. The number of ether oxygens (including phenoxy) is 2. The normalized spacial score (nSPS) is 28.8. The number of hydrogen-bond acceptors (Lipinski definition) is 4. The molecule has 0 aromatic rings. The molecule has 0 aromatic heterocycles. The van der Waals surface area contributed by atoms with E-state index in [4.69, 9.17) is 4.74 Å². The van der Waals surface area contributed by atoms with E-state index in [1.165, 1.54) is 7.11 Å². The molecule has 1 N–H and O–H groups in total. The molecule has 1 rings (SSSR count). The second-order valence-electron chi connectivity index (χ2n) is 2.65. The Morgan fingerprint density at radius 1 is 1.67 bits per heavy atom. The summed E-state index contributed by atoms with van der Waals surface area (Å²) in [6.07, 6.45) is -0.420. The Morgan fingerprint density at radius 2 is 2.33 bits per heavy atom. The van der Waals surface area contributed by atoms with Crippen LogP contribution in [0.2, 0.25) is 0 Å². The minimum absolute atomic E-state index is 0. The van der Waals surface area contributed by atoms with Gasteiger partial charge in [-0.25, -0.2) is 4.79 Å². The Bertz CT molecular complexity index is 146. The first-order valence-electron chi connectivity index (χ1n) is 3.67. The summed E-state index contributed by atoms with van der Waals surface area (Å²) in [5, 5.41) is 3.12. The number of rotatable bonds is 1. The zero-order valence-corrected chi connectivity index (χ0v) is 8.02. The van der Waals surface area contributed by atoms with Gasteiger partial charge in [0.2, 0.25) is 0 Å². The van der Waals surface area contributed by atoms with Crippen LogP contribution in [0.5, 0.6) is 0 Å². The van der Waals surface area contributed by atoms with E-state index in [1.807, 2.05) is 6.92 Å². The molecule has 5 heteroatoms. The first-order valence-corrected chi connectivity index (χ1v) is 3.67. The van der Waals surface area contributed by atoms with Crippen LogP contribution in [0, 0.1) is 0 Å². The molecular weight excluding hydrogens is 182 g/mol. The van der Waals surface area contributed by atoms with Crippen molar-refractivity contribution in [2.45, 2.75) is 19.1 Å². The first-order chi connectivity index (χ1) is 5.24. The Morgan fingerprint density at radius 3 is 2.75 bits per heavy atom.